The van der Waals surface area contributed by atoms with Gasteiger partial charge in [-0.2, -0.15) is 0 Å². The Kier molecular flexibility index (Phi) is 7.65. The van der Waals surface area contributed by atoms with Crippen LogP contribution in [-0.2, 0) is 12.8 Å². The minimum absolute atomic E-state index is 0.966. The van der Waals surface area contributed by atoms with Crippen molar-refractivity contribution in [2.24, 2.45) is 0 Å². The maximum atomic E-state index is 4.62. The van der Waals surface area contributed by atoms with E-state index in [1.807, 2.05) is 0 Å². The Bertz CT molecular complexity index is 418. The second-order valence-electron chi connectivity index (χ2n) is 5.56. The zero-order valence-electron chi connectivity index (χ0n) is 12.9. The summed E-state index contributed by atoms with van der Waals surface area (Å²) < 4.78 is 0. The van der Waals surface area contributed by atoms with Crippen LogP contribution in [0, 0.1) is 0 Å². The summed E-state index contributed by atoms with van der Waals surface area (Å²) in [6, 6.07) is 21.4. The van der Waals surface area contributed by atoms with Crippen molar-refractivity contribution in [1.29, 1.82) is 0 Å². The van der Waals surface area contributed by atoms with Crippen molar-refractivity contribution in [2.75, 3.05) is 13.1 Å². The molecule has 1 nitrogen and oxygen atoms in total. The molecule has 0 fully saturated rings. The summed E-state index contributed by atoms with van der Waals surface area (Å²) in [5.74, 6) is 0. The van der Waals surface area contributed by atoms with Crippen molar-refractivity contribution in [1.82, 2.24) is 5.32 Å². The molecule has 0 unspecified atom stereocenters. The fraction of sp³-hybridized carbons (Fsp3) is 0.400. The molecular weight excluding hydrogens is 254 g/mol. The van der Waals surface area contributed by atoms with Crippen molar-refractivity contribution >= 4 is 0 Å². The molecule has 111 valence electrons. The van der Waals surface area contributed by atoms with E-state index in [1.165, 1.54) is 43.2 Å². The summed E-state index contributed by atoms with van der Waals surface area (Å²) in [6.07, 6.45) is 7.46. The summed E-state index contributed by atoms with van der Waals surface area (Å²) in [5.41, 5.74) is 2.86. The molecule has 0 aliphatic carbocycles. The summed E-state index contributed by atoms with van der Waals surface area (Å²) in [6.45, 7) is 1.99. The van der Waals surface area contributed by atoms with Gasteiger partial charge in [-0.25, -0.2) is 5.32 Å². The fourth-order valence-corrected chi connectivity index (χ4v) is 2.52. The Labute approximate surface area is 129 Å². The van der Waals surface area contributed by atoms with E-state index in [0.29, 0.717) is 0 Å². The Hall–Kier alpha value is -1.60. The lowest BCUT2D eigenvalue weighted by Crippen LogP contribution is -2.10. The second kappa shape index (κ2) is 10.2. The highest BCUT2D eigenvalue weighted by molar-refractivity contribution is 5.15. The number of hydrogen-bond donors (Lipinski definition) is 0. The van der Waals surface area contributed by atoms with E-state index in [4.69, 9.17) is 0 Å². The minimum atomic E-state index is 0.966. The van der Waals surface area contributed by atoms with Crippen LogP contribution < -0.4 is 5.32 Å². The summed E-state index contributed by atoms with van der Waals surface area (Å²) in [4.78, 5) is 0. The van der Waals surface area contributed by atoms with Crippen LogP contribution in [0.1, 0.15) is 36.8 Å². The summed E-state index contributed by atoms with van der Waals surface area (Å²) >= 11 is 0. The van der Waals surface area contributed by atoms with Gasteiger partial charge in [-0.15, -0.1) is 0 Å². The van der Waals surface area contributed by atoms with Gasteiger partial charge in [0.1, 0.15) is 0 Å². The molecule has 2 rings (SSSR count). The molecule has 21 heavy (non-hydrogen) atoms. The molecule has 0 heterocycles. The molecular formula is C20H26N. The van der Waals surface area contributed by atoms with Crippen LogP contribution in [0.15, 0.2) is 60.7 Å². The molecule has 0 aliphatic heterocycles. The van der Waals surface area contributed by atoms with Crippen molar-refractivity contribution in [3.63, 3.8) is 0 Å². The van der Waals surface area contributed by atoms with Crippen LogP contribution in [0.4, 0.5) is 0 Å². The number of nitrogens with zero attached hydrogens (tertiary/aromatic N) is 1. The van der Waals surface area contributed by atoms with Crippen molar-refractivity contribution in [3.05, 3.63) is 71.8 Å². The lowest BCUT2D eigenvalue weighted by atomic mass is 10.1. The van der Waals surface area contributed by atoms with Crippen LogP contribution in [0.5, 0.6) is 0 Å². The Balaban J connectivity index is 1.40. The van der Waals surface area contributed by atoms with Crippen molar-refractivity contribution < 1.29 is 0 Å². The zero-order valence-corrected chi connectivity index (χ0v) is 12.9. The summed E-state index contributed by atoms with van der Waals surface area (Å²) in [7, 11) is 0. The third-order valence-electron chi connectivity index (χ3n) is 3.78. The first-order valence-electron chi connectivity index (χ1n) is 8.16. The standard InChI is InChI=1S/C20H26N/c1(5-11-19-12-6-3-7-13-19)2-10-17-21-18-16-20-14-8-4-9-15-20/h3-4,6-9,12-15H,1-2,5,10-11,16-18H2. The van der Waals surface area contributed by atoms with E-state index < -0.39 is 0 Å². The SMILES string of the molecule is c1ccc(CCCCCC[N]CCc2ccccc2)cc1. The van der Waals surface area contributed by atoms with Crippen LogP contribution in [0.25, 0.3) is 0 Å². The molecule has 0 aromatic heterocycles. The molecule has 0 bridgehead atoms. The van der Waals surface area contributed by atoms with Crippen LogP contribution in [0.2, 0.25) is 0 Å². The van der Waals surface area contributed by atoms with Crippen molar-refractivity contribution in [2.45, 2.75) is 38.5 Å². The van der Waals surface area contributed by atoms with E-state index in [-0.39, 0.29) is 0 Å². The van der Waals surface area contributed by atoms with Gasteiger partial charge < -0.3 is 0 Å². The van der Waals surface area contributed by atoms with Gasteiger partial charge >= 0.3 is 0 Å². The molecule has 0 amide bonds. The van der Waals surface area contributed by atoms with Crippen molar-refractivity contribution in [3.8, 4) is 0 Å². The topological polar surface area (TPSA) is 14.1 Å². The fourth-order valence-electron chi connectivity index (χ4n) is 2.52. The van der Waals surface area contributed by atoms with Gasteiger partial charge in [0.15, 0.2) is 0 Å². The predicted molar refractivity (Wildman–Crippen MR) is 90.6 cm³/mol. The lowest BCUT2D eigenvalue weighted by Gasteiger charge is -2.04. The molecule has 0 aliphatic rings. The maximum absolute atomic E-state index is 4.62. The zero-order chi connectivity index (χ0) is 14.6. The van der Waals surface area contributed by atoms with E-state index in [0.717, 1.165) is 19.5 Å². The normalized spacial score (nSPS) is 10.7. The average molecular weight is 280 g/mol. The number of benzene rings is 2. The number of aryl methyl sites for hydroxylation is 1. The first-order valence-corrected chi connectivity index (χ1v) is 8.16. The van der Waals surface area contributed by atoms with E-state index in [1.54, 1.807) is 0 Å². The van der Waals surface area contributed by atoms with E-state index in [9.17, 15) is 0 Å². The van der Waals surface area contributed by atoms with E-state index in [2.05, 4.69) is 66.0 Å². The maximum Gasteiger partial charge on any atom is 0.0173 e. The molecule has 1 heteroatoms. The Morgan fingerprint density at radius 1 is 0.524 bits per heavy atom. The van der Waals surface area contributed by atoms with Crippen LogP contribution in [-0.4, -0.2) is 13.1 Å². The Morgan fingerprint density at radius 3 is 1.76 bits per heavy atom. The van der Waals surface area contributed by atoms with Gasteiger partial charge in [-0.1, -0.05) is 73.5 Å². The number of unbranched alkanes of at least 4 members (excludes halogenated alkanes) is 3. The Morgan fingerprint density at radius 2 is 1.10 bits per heavy atom. The van der Waals surface area contributed by atoms with Gasteiger partial charge in [0, 0.05) is 13.1 Å². The number of rotatable bonds is 10. The van der Waals surface area contributed by atoms with Gasteiger partial charge in [0.2, 0.25) is 0 Å². The lowest BCUT2D eigenvalue weighted by molar-refractivity contribution is 0.581. The molecule has 0 saturated heterocycles. The quantitative estimate of drug-likeness (QED) is 0.563. The van der Waals surface area contributed by atoms with Crippen LogP contribution in [0.3, 0.4) is 0 Å². The monoisotopic (exact) mass is 280 g/mol. The second-order valence-corrected chi connectivity index (χ2v) is 5.56. The highest BCUT2D eigenvalue weighted by Crippen LogP contribution is 2.07. The average Bonchev–Trinajstić information content (AvgIpc) is 2.55. The molecule has 1 radical (unpaired) electrons. The smallest absolute Gasteiger partial charge is 0.0173 e. The van der Waals surface area contributed by atoms with Gasteiger partial charge in [0.05, 0.1) is 0 Å². The molecule has 0 atom stereocenters. The van der Waals surface area contributed by atoms with E-state index >= 15 is 0 Å². The predicted octanol–water partition coefficient (Wildman–Crippen LogP) is 4.64. The molecule has 0 N–H and O–H groups in total. The highest BCUT2D eigenvalue weighted by atomic mass is 14.8. The van der Waals surface area contributed by atoms with Crippen LogP contribution >= 0.6 is 0 Å². The summed E-state index contributed by atoms with van der Waals surface area (Å²) in [5, 5.41) is 4.62. The van der Waals surface area contributed by atoms with Gasteiger partial charge in [-0.05, 0) is 36.8 Å². The number of hydrogen-bond acceptors (Lipinski definition) is 0. The third-order valence-corrected chi connectivity index (χ3v) is 3.78. The third kappa shape index (κ3) is 7.10. The molecule has 2 aromatic rings. The largest absolute Gasteiger partial charge is 0.241 e. The molecule has 0 spiro atoms. The van der Waals surface area contributed by atoms with Gasteiger partial charge in [-0.3, -0.25) is 0 Å². The first-order chi connectivity index (χ1) is 10.4. The minimum Gasteiger partial charge on any atom is -0.241 e. The highest BCUT2D eigenvalue weighted by Gasteiger charge is 1.95. The van der Waals surface area contributed by atoms with Gasteiger partial charge in [0.25, 0.3) is 0 Å². The first kappa shape index (κ1) is 15.8. The molecule has 0 saturated carbocycles. The molecule has 2 aromatic carbocycles.